The number of benzene rings is 1. The molecule has 0 aliphatic carbocycles. The number of nitrogens with one attached hydrogen (secondary N) is 1. The van der Waals surface area contributed by atoms with Crippen molar-refractivity contribution in [1.29, 1.82) is 0 Å². The van der Waals surface area contributed by atoms with Crippen molar-refractivity contribution in [2.75, 3.05) is 13.2 Å². The van der Waals surface area contributed by atoms with Crippen molar-refractivity contribution < 1.29 is 27.4 Å². The first-order valence-electron chi connectivity index (χ1n) is 6.63. The van der Waals surface area contributed by atoms with Crippen LogP contribution in [0.25, 0.3) is 0 Å². The van der Waals surface area contributed by atoms with E-state index in [1.165, 1.54) is 6.92 Å². The number of hydrogen-bond acceptors (Lipinski definition) is 4. The molecule has 120 valence electrons. The van der Waals surface area contributed by atoms with Crippen LogP contribution >= 0.6 is 0 Å². The van der Waals surface area contributed by atoms with Crippen molar-refractivity contribution in [2.45, 2.75) is 24.7 Å². The molecule has 1 aromatic carbocycles. The maximum Gasteiger partial charge on any atom is 0.352 e. The Morgan fingerprint density at radius 1 is 1.32 bits per heavy atom. The number of aliphatic carboxylic acids is 1. The molecule has 0 saturated carbocycles. The molecule has 0 atom stereocenters. The Labute approximate surface area is 127 Å². The maximum atomic E-state index is 13.2. The zero-order valence-electron chi connectivity index (χ0n) is 11.9. The second-order valence-electron chi connectivity index (χ2n) is 4.91. The van der Waals surface area contributed by atoms with E-state index in [9.17, 15) is 22.7 Å². The Morgan fingerprint density at radius 2 is 1.95 bits per heavy atom. The van der Waals surface area contributed by atoms with Crippen LogP contribution in [-0.2, 0) is 19.6 Å². The highest BCUT2D eigenvalue weighted by molar-refractivity contribution is 7.89. The predicted molar refractivity (Wildman–Crippen MR) is 76.2 cm³/mol. The van der Waals surface area contributed by atoms with Crippen LogP contribution in [0.1, 0.15) is 18.4 Å². The van der Waals surface area contributed by atoms with E-state index in [1.54, 1.807) is 0 Å². The summed E-state index contributed by atoms with van der Waals surface area (Å²) in [6.45, 7) is 2.14. The number of ether oxygens (including phenoxy) is 1. The van der Waals surface area contributed by atoms with Crippen LogP contribution in [0.3, 0.4) is 0 Å². The number of sulfonamides is 1. The fourth-order valence-electron chi connectivity index (χ4n) is 2.11. The molecule has 0 bridgehead atoms. The number of halogens is 1. The smallest absolute Gasteiger partial charge is 0.352 e. The lowest BCUT2D eigenvalue weighted by Crippen LogP contribution is -2.30. The van der Waals surface area contributed by atoms with Gasteiger partial charge in [0.05, 0.1) is 18.1 Å². The summed E-state index contributed by atoms with van der Waals surface area (Å²) in [5.74, 6) is -1.88. The minimum atomic E-state index is -4.09. The Morgan fingerprint density at radius 3 is 2.50 bits per heavy atom. The van der Waals surface area contributed by atoms with Gasteiger partial charge < -0.3 is 9.84 Å². The third-order valence-corrected chi connectivity index (χ3v) is 4.69. The van der Waals surface area contributed by atoms with Crippen molar-refractivity contribution in [3.63, 3.8) is 0 Å². The van der Waals surface area contributed by atoms with Gasteiger partial charge in [-0.25, -0.2) is 17.6 Å². The molecule has 0 aromatic heterocycles. The number of rotatable bonds is 4. The molecule has 2 rings (SSSR count). The van der Waals surface area contributed by atoms with E-state index in [1.807, 2.05) is 0 Å². The molecular formula is C14H16FNO5S. The average molecular weight is 329 g/mol. The topological polar surface area (TPSA) is 92.7 Å². The average Bonchev–Trinajstić information content (AvgIpc) is 2.48. The monoisotopic (exact) mass is 329 g/mol. The number of carboxylic acids is 1. The number of hydrogen-bond donors (Lipinski definition) is 2. The summed E-state index contributed by atoms with van der Waals surface area (Å²) in [4.78, 5) is 11.2. The van der Waals surface area contributed by atoms with Crippen LogP contribution in [0.15, 0.2) is 34.4 Å². The van der Waals surface area contributed by atoms with Crippen LogP contribution in [-0.4, -0.2) is 32.7 Å². The van der Waals surface area contributed by atoms with Crippen molar-refractivity contribution in [3.05, 3.63) is 40.8 Å². The molecule has 8 heteroatoms. The third-order valence-electron chi connectivity index (χ3n) is 3.34. The molecule has 1 aliphatic rings. The summed E-state index contributed by atoms with van der Waals surface area (Å²) >= 11 is 0. The van der Waals surface area contributed by atoms with E-state index in [2.05, 4.69) is 4.72 Å². The minimum Gasteiger partial charge on any atom is -0.477 e. The van der Waals surface area contributed by atoms with Crippen molar-refractivity contribution in [2.24, 2.45) is 0 Å². The summed E-state index contributed by atoms with van der Waals surface area (Å²) in [7, 11) is -4.09. The van der Waals surface area contributed by atoms with Gasteiger partial charge in [-0.1, -0.05) is 0 Å². The molecule has 0 radical (unpaired) electrons. The number of carbonyl (C=O) groups is 1. The summed E-state index contributed by atoms with van der Waals surface area (Å²) in [6.07, 6.45) is 0.708. The first kappa shape index (κ1) is 16.4. The lowest BCUT2D eigenvalue weighted by molar-refractivity contribution is -0.133. The van der Waals surface area contributed by atoms with Crippen LogP contribution in [0, 0.1) is 12.7 Å². The lowest BCUT2D eigenvalue weighted by atomic mass is 10.1. The number of carboxylic acid groups (broad SMARTS) is 1. The van der Waals surface area contributed by atoms with Crippen LogP contribution in [0.4, 0.5) is 4.39 Å². The molecule has 1 aliphatic heterocycles. The van der Waals surface area contributed by atoms with Gasteiger partial charge in [0.2, 0.25) is 0 Å². The molecule has 0 spiro atoms. The highest BCUT2D eigenvalue weighted by atomic mass is 32.2. The first-order valence-corrected chi connectivity index (χ1v) is 8.11. The van der Waals surface area contributed by atoms with Gasteiger partial charge in [0.15, 0.2) is 0 Å². The van der Waals surface area contributed by atoms with Crippen LogP contribution < -0.4 is 4.72 Å². The maximum absolute atomic E-state index is 13.2. The quantitative estimate of drug-likeness (QED) is 0.818. The highest BCUT2D eigenvalue weighted by Crippen LogP contribution is 2.20. The SMILES string of the molecule is Cc1cc(S(=O)(=O)NC(C(=O)O)=C2CCOCC2)ccc1F. The Bertz CT molecular complexity index is 719. The Hall–Kier alpha value is -1.93. The minimum absolute atomic E-state index is 0.165. The standard InChI is InChI=1S/C14H16FNO5S/c1-9-8-11(2-3-12(9)15)22(19,20)16-13(14(17)18)10-4-6-21-7-5-10/h2-3,8,16H,4-7H2,1H3,(H,17,18). The van der Waals surface area contributed by atoms with E-state index in [-0.39, 0.29) is 16.2 Å². The van der Waals surface area contributed by atoms with Gasteiger partial charge in [-0.15, -0.1) is 0 Å². The second kappa shape index (κ2) is 6.45. The van der Waals surface area contributed by atoms with Crippen LogP contribution in [0.5, 0.6) is 0 Å². The second-order valence-corrected chi connectivity index (χ2v) is 6.59. The Balaban J connectivity index is 2.36. The summed E-state index contributed by atoms with van der Waals surface area (Å²) in [5.41, 5.74) is 0.296. The van der Waals surface area contributed by atoms with E-state index in [0.29, 0.717) is 31.6 Å². The lowest BCUT2D eigenvalue weighted by Gasteiger charge is -2.18. The third kappa shape index (κ3) is 3.63. The van der Waals surface area contributed by atoms with Gasteiger partial charge in [-0.2, -0.15) is 0 Å². The van der Waals surface area contributed by atoms with Crippen LogP contribution in [0.2, 0.25) is 0 Å². The van der Waals surface area contributed by atoms with Crippen molar-refractivity contribution in [3.8, 4) is 0 Å². The molecule has 6 nitrogen and oxygen atoms in total. The molecule has 1 aromatic rings. The largest absolute Gasteiger partial charge is 0.477 e. The highest BCUT2D eigenvalue weighted by Gasteiger charge is 2.24. The predicted octanol–water partition coefficient (Wildman–Crippen LogP) is 1.56. The molecule has 0 amide bonds. The van der Waals surface area contributed by atoms with Gasteiger partial charge in [0, 0.05) is 0 Å². The van der Waals surface area contributed by atoms with E-state index in [4.69, 9.17) is 4.74 Å². The number of aryl methyl sites for hydroxylation is 1. The van der Waals surface area contributed by atoms with E-state index in [0.717, 1.165) is 18.2 Å². The van der Waals surface area contributed by atoms with Crippen molar-refractivity contribution >= 4 is 16.0 Å². The zero-order chi connectivity index (χ0) is 16.3. The Kier molecular flexibility index (Phi) is 4.82. The van der Waals surface area contributed by atoms with Gasteiger partial charge in [-0.05, 0) is 49.1 Å². The fraction of sp³-hybridized carbons (Fsp3) is 0.357. The summed E-state index contributed by atoms with van der Waals surface area (Å²) < 4.78 is 45.0. The normalized spacial score (nSPS) is 15.5. The van der Waals surface area contributed by atoms with Gasteiger partial charge in [-0.3, -0.25) is 4.72 Å². The molecule has 2 N–H and O–H groups in total. The molecule has 22 heavy (non-hydrogen) atoms. The van der Waals surface area contributed by atoms with Gasteiger partial charge >= 0.3 is 5.97 Å². The van der Waals surface area contributed by atoms with Crippen molar-refractivity contribution in [1.82, 2.24) is 4.72 Å². The summed E-state index contributed by atoms with van der Waals surface area (Å²) in [5, 5.41) is 9.25. The first-order chi connectivity index (χ1) is 10.3. The molecular weight excluding hydrogens is 313 g/mol. The van der Waals surface area contributed by atoms with E-state index >= 15 is 0 Å². The summed E-state index contributed by atoms with van der Waals surface area (Å²) in [6, 6.07) is 3.29. The van der Waals surface area contributed by atoms with Gasteiger partial charge in [0.25, 0.3) is 10.0 Å². The fourth-order valence-corrected chi connectivity index (χ4v) is 3.31. The van der Waals surface area contributed by atoms with E-state index < -0.39 is 21.8 Å². The zero-order valence-corrected chi connectivity index (χ0v) is 12.7. The molecule has 1 heterocycles. The molecule has 1 saturated heterocycles. The van der Waals surface area contributed by atoms with Gasteiger partial charge in [0.1, 0.15) is 11.5 Å². The molecule has 1 fully saturated rings. The molecule has 0 unspecified atom stereocenters.